The van der Waals surface area contributed by atoms with E-state index in [-0.39, 0.29) is 17.9 Å². The third kappa shape index (κ3) is 4.82. The van der Waals surface area contributed by atoms with Crippen LogP contribution in [-0.4, -0.2) is 25.6 Å². The van der Waals surface area contributed by atoms with E-state index < -0.39 is 6.04 Å². The van der Waals surface area contributed by atoms with Crippen LogP contribution in [0.3, 0.4) is 0 Å². The van der Waals surface area contributed by atoms with Gasteiger partial charge in [0.2, 0.25) is 5.91 Å². The molecule has 0 bridgehead atoms. The number of carbonyl (C=O) groups excluding carboxylic acids is 1. The van der Waals surface area contributed by atoms with Crippen molar-refractivity contribution in [1.82, 2.24) is 5.32 Å². The van der Waals surface area contributed by atoms with Gasteiger partial charge >= 0.3 is 0 Å². The van der Waals surface area contributed by atoms with Crippen molar-refractivity contribution in [3.63, 3.8) is 0 Å². The molecule has 1 unspecified atom stereocenters. The van der Waals surface area contributed by atoms with Crippen molar-refractivity contribution >= 4 is 17.5 Å². The molecule has 0 aliphatic carbocycles. The molecule has 1 aromatic carbocycles. The summed E-state index contributed by atoms with van der Waals surface area (Å²) >= 11 is 5.94. The highest BCUT2D eigenvalue weighted by Gasteiger charge is 2.19. The zero-order chi connectivity index (χ0) is 14.4. The highest BCUT2D eigenvalue weighted by Crippen LogP contribution is 2.19. The monoisotopic (exact) mass is 284 g/mol. The number of nitrogens with one attached hydrogen (secondary N) is 1. The van der Waals surface area contributed by atoms with Gasteiger partial charge in [-0.2, -0.15) is 0 Å². The van der Waals surface area contributed by atoms with E-state index in [1.807, 2.05) is 32.0 Å². The molecule has 19 heavy (non-hydrogen) atoms. The lowest BCUT2D eigenvalue weighted by Crippen LogP contribution is -2.45. The number of halogens is 1. The van der Waals surface area contributed by atoms with Crippen LogP contribution in [-0.2, 0) is 9.53 Å². The summed E-state index contributed by atoms with van der Waals surface area (Å²) in [6.07, 6.45) is -0.234. The molecule has 0 radical (unpaired) electrons. The van der Waals surface area contributed by atoms with Crippen LogP contribution < -0.4 is 11.1 Å². The number of rotatable bonds is 6. The van der Waals surface area contributed by atoms with Crippen LogP contribution >= 0.6 is 11.6 Å². The lowest BCUT2D eigenvalue weighted by atomic mass is 10.0. The van der Waals surface area contributed by atoms with Crippen LogP contribution in [0.1, 0.15) is 25.5 Å². The van der Waals surface area contributed by atoms with Gasteiger partial charge < -0.3 is 15.8 Å². The normalized spacial score (nSPS) is 14.2. The lowest BCUT2D eigenvalue weighted by Gasteiger charge is -2.20. The number of ether oxygens (including phenoxy) is 1. The molecule has 1 amide bonds. The average Bonchev–Trinajstić information content (AvgIpc) is 2.38. The quantitative estimate of drug-likeness (QED) is 0.841. The minimum Gasteiger partial charge on any atom is -0.375 e. The predicted molar refractivity (Wildman–Crippen MR) is 77.0 cm³/mol. The number of hydrogen-bond donors (Lipinski definition) is 2. The van der Waals surface area contributed by atoms with E-state index in [9.17, 15) is 4.79 Å². The van der Waals surface area contributed by atoms with Crippen LogP contribution in [0.25, 0.3) is 0 Å². The van der Waals surface area contributed by atoms with E-state index in [0.29, 0.717) is 11.6 Å². The second kappa shape index (κ2) is 7.48. The molecule has 0 fully saturated rings. The molecule has 1 aromatic rings. The van der Waals surface area contributed by atoms with Gasteiger partial charge in [0, 0.05) is 18.7 Å². The fourth-order valence-electron chi connectivity index (χ4n) is 1.66. The summed E-state index contributed by atoms with van der Waals surface area (Å²) in [4.78, 5) is 11.8. The SMILES string of the molecule is COC(CNC(=O)[C@@H](N)C(C)C)c1cccc(Cl)c1. The molecule has 0 heterocycles. The van der Waals surface area contributed by atoms with Gasteiger partial charge in [-0.3, -0.25) is 4.79 Å². The molecule has 1 rings (SSSR count). The van der Waals surface area contributed by atoms with Gasteiger partial charge in [-0.15, -0.1) is 0 Å². The zero-order valence-corrected chi connectivity index (χ0v) is 12.3. The summed E-state index contributed by atoms with van der Waals surface area (Å²) in [5.41, 5.74) is 6.70. The molecule has 0 saturated carbocycles. The summed E-state index contributed by atoms with van der Waals surface area (Å²) in [5.74, 6) is -0.0637. The van der Waals surface area contributed by atoms with Gasteiger partial charge in [0.05, 0.1) is 12.1 Å². The van der Waals surface area contributed by atoms with Crippen molar-refractivity contribution in [2.24, 2.45) is 11.7 Å². The van der Waals surface area contributed by atoms with E-state index in [1.54, 1.807) is 13.2 Å². The van der Waals surface area contributed by atoms with Crippen LogP contribution in [0.15, 0.2) is 24.3 Å². The molecule has 0 spiro atoms. The molecule has 0 aliphatic heterocycles. The first-order chi connectivity index (χ1) is 8.95. The number of amides is 1. The molecule has 106 valence electrons. The maximum absolute atomic E-state index is 11.8. The van der Waals surface area contributed by atoms with E-state index in [1.165, 1.54) is 0 Å². The number of hydrogen-bond acceptors (Lipinski definition) is 3. The Morgan fingerprint density at radius 2 is 2.16 bits per heavy atom. The molecular weight excluding hydrogens is 264 g/mol. The Balaban J connectivity index is 2.61. The zero-order valence-electron chi connectivity index (χ0n) is 11.5. The molecule has 5 heteroatoms. The Morgan fingerprint density at radius 3 is 2.68 bits per heavy atom. The fourth-order valence-corrected chi connectivity index (χ4v) is 1.86. The standard InChI is InChI=1S/C14H21ClN2O2/c1-9(2)13(16)14(18)17-8-12(19-3)10-5-4-6-11(15)7-10/h4-7,9,12-13H,8,16H2,1-3H3,(H,17,18)/t12?,13-/m0/s1. The predicted octanol–water partition coefficient (Wildman–Crippen LogP) is 2.13. The van der Waals surface area contributed by atoms with Gasteiger partial charge in [-0.1, -0.05) is 37.6 Å². The molecule has 0 aliphatic rings. The summed E-state index contributed by atoms with van der Waals surface area (Å²) in [6, 6.07) is 6.88. The Labute approximate surface area is 119 Å². The van der Waals surface area contributed by atoms with E-state index in [4.69, 9.17) is 22.1 Å². The van der Waals surface area contributed by atoms with Gasteiger partial charge in [0.1, 0.15) is 0 Å². The summed E-state index contributed by atoms with van der Waals surface area (Å²) in [7, 11) is 1.60. The summed E-state index contributed by atoms with van der Waals surface area (Å²) in [5, 5.41) is 3.44. The van der Waals surface area contributed by atoms with E-state index in [0.717, 1.165) is 5.56 Å². The van der Waals surface area contributed by atoms with Crippen molar-refractivity contribution in [3.8, 4) is 0 Å². The Bertz CT molecular complexity index is 424. The van der Waals surface area contributed by atoms with E-state index >= 15 is 0 Å². The molecule has 0 aromatic heterocycles. The topological polar surface area (TPSA) is 64.3 Å². The first-order valence-corrected chi connectivity index (χ1v) is 6.65. The maximum atomic E-state index is 11.8. The van der Waals surface area contributed by atoms with Crippen molar-refractivity contribution in [2.75, 3.05) is 13.7 Å². The smallest absolute Gasteiger partial charge is 0.237 e. The molecular formula is C14H21ClN2O2. The average molecular weight is 285 g/mol. The van der Waals surface area contributed by atoms with Crippen molar-refractivity contribution in [3.05, 3.63) is 34.9 Å². The number of benzene rings is 1. The summed E-state index contributed by atoms with van der Waals surface area (Å²) < 4.78 is 5.37. The third-order valence-corrected chi connectivity index (χ3v) is 3.22. The number of carbonyl (C=O) groups is 1. The molecule has 3 N–H and O–H groups in total. The summed E-state index contributed by atoms with van der Waals surface area (Å²) in [6.45, 7) is 4.19. The Morgan fingerprint density at radius 1 is 1.47 bits per heavy atom. The lowest BCUT2D eigenvalue weighted by molar-refractivity contribution is -0.123. The fraction of sp³-hybridized carbons (Fsp3) is 0.500. The molecule has 2 atom stereocenters. The van der Waals surface area contributed by atoms with E-state index in [2.05, 4.69) is 5.32 Å². The number of methoxy groups -OCH3 is 1. The third-order valence-electron chi connectivity index (χ3n) is 2.99. The van der Waals surface area contributed by atoms with Crippen LogP contribution in [0, 0.1) is 5.92 Å². The van der Waals surface area contributed by atoms with Gasteiger partial charge in [-0.25, -0.2) is 0 Å². The van der Waals surface area contributed by atoms with Crippen LogP contribution in [0.5, 0.6) is 0 Å². The van der Waals surface area contributed by atoms with Crippen molar-refractivity contribution in [1.29, 1.82) is 0 Å². The Kier molecular flexibility index (Phi) is 6.28. The molecule has 4 nitrogen and oxygen atoms in total. The highest BCUT2D eigenvalue weighted by atomic mass is 35.5. The van der Waals surface area contributed by atoms with Gasteiger partial charge in [0.25, 0.3) is 0 Å². The van der Waals surface area contributed by atoms with Crippen LogP contribution in [0.2, 0.25) is 5.02 Å². The van der Waals surface area contributed by atoms with Gasteiger partial charge in [-0.05, 0) is 23.6 Å². The second-order valence-electron chi connectivity index (χ2n) is 4.79. The minimum absolute atomic E-state index is 0.104. The first kappa shape index (κ1) is 16.0. The minimum atomic E-state index is -0.503. The van der Waals surface area contributed by atoms with Crippen molar-refractivity contribution < 1.29 is 9.53 Å². The first-order valence-electron chi connectivity index (χ1n) is 6.27. The maximum Gasteiger partial charge on any atom is 0.237 e. The van der Waals surface area contributed by atoms with Crippen molar-refractivity contribution in [2.45, 2.75) is 26.0 Å². The van der Waals surface area contributed by atoms with Gasteiger partial charge in [0.15, 0.2) is 0 Å². The van der Waals surface area contributed by atoms with Crippen LogP contribution in [0.4, 0.5) is 0 Å². The largest absolute Gasteiger partial charge is 0.375 e. The number of nitrogens with two attached hydrogens (primary N) is 1. The molecule has 0 saturated heterocycles. The highest BCUT2D eigenvalue weighted by molar-refractivity contribution is 6.30. The Hall–Kier alpha value is -1.10. The second-order valence-corrected chi connectivity index (χ2v) is 5.23.